The second kappa shape index (κ2) is 5.47. The quantitative estimate of drug-likeness (QED) is 0.834. The van der Waals surface area contributed by atoms with Crippen LogP contribution in [0.2, 0.25) is 5.02 Å². The van der Waals surface area contributed by atoms with Gasteiger partial charge in [0.15, 0.2) is 0 Å². The van der Waals surface area contributed by atoms with Gasteiger partial charge in [0, 0.05) is 5.02 Å². The standard InChI is InChI=1S/C12H16ClNO3S/c1-2-6-18(15,16)14-8-12(9-14)17-11-5-3-4-10(13)7-11/h3-5,7,12H,2,6,8-9H2,1H3. The first kappa shape index (κ1) is 13.6. The molecule has 0 amide bonds. The second-order valence-corrected chi connectivity index (χ2v) is 6.86. The van der Waals surface area contributed by atoms with Crippen molar-refractivity contribution in [2.24, 2.45) is 0 Å². The third kappa shape index (κ3) is 3.16. The van der Waals surface area contributed by atoms with Crippen molar-refractivity contribution in [3.05, 3.63) is 29.3 Å². The number of ether oxygens (including phenoxy) is 1. The molecule has 0 spiro atoms. The molecule has 1 saturated heterocycles. The van der Waals surface area contributed by atoms with Crippen molar-refractivity contribution in [2.45, 2.75) is 19.4 Å². The number of hydrogen-bond donors (Lipinski definition) is 0. The lowest BCUT2D eigenvalue weighted by atomic mass is 10.2. The molecule has 0 N–H and O–H groups in total. The zero-order valence-corrected chi connectivity index (χ0v) is 11.7. The molecule has 6 heteroatoms. The summed E-state index contributed by atoms with van der Waals surface area (Å²) in [5.74, 6) is 0.886. The Morgan fingerprint density at radius 3 is 2.78 bits per heavy atom. The third-order valence-corrected chi connectivity index (χ3v) is 5.01. The molecule has 1 aliphatic rings. The van der Waals surface area contributed by atoms with E-state index in [2.05, 4.69) is 0 Å². The Bertz CT molecular complexity index is 512. The summed E-state index contributed by atoms with van der Waals surface area (Å²) in [6.07, 6.45) is 0.564. The number of benzene rings is 1. The molecule has 2 rings (SSSR count). The van der Waals surface area contributed by atoms with Crippen LogP contribution in [0, 0.1) is 0 Å². The minimum absolute atomic E-state index is 0.0740. The van der Waals surface area contributed by atoms with Crippen molar-refractivity contribution in [3.8, 4) is 5.75 Å². The fraction of sp³-hybridized carbons (Fsp3) is 0.500. The van der Waals surface area contributed by atoms with Gasteiger partial charge in [-0.05, 0) is 24.6 Å². The Kier molecular flexibility index (Phi) is 4.14. The van der Waals surface area contributed by atoms with Crippen LogP contribution in [0.4, 0.5) is 0 Å². The number of hydrogen-bond acceptors (Lipinski definition) is 3. The topological polar surface area (TPSA) is 46.6 Å². The highest BCUT2D eigenvalue weighted by Gasteiger charge is 2.36. The first-order chi connectivity index (χ1) is 8.51. The summed E-state index contributed by atoms with van der Waals surface area (Å²) in [6.45, 7) is 2.71. The van der Waals surface area contributed by atoms with Crippen molar-refractivity contribution < 1.29 is 13.2 Å². The first-order valence-corrected chi connectivity index (χ1v) is 7.90. The molecule has 4 nitrogen and oxygen atoms in total. The summed E-state index contributed by atoms with van der Waals surface area (Å²) in [7, 11) is -3.08. The molecule has 1 aromatic carbocycles. The number of rotatable bonds is 5. The Morgan fingerprint density at radius 2 is 2.17 bits per heavy atom. The van der Waals surface area contributed by atoms with Gasteiger partial charge >= 0.3 is 0 Å². The lowest BCUT2D eigenvalue weighted by molar-refractivity contribution is 0.0762. The van der Waals surface area contributed by atoms with Crippen molar-refractivity contribution in [1.29, 1.82) is 0 Å². The Labute approximate surface area is 113 Å². The maximum Gasteiger partial charge on any atom is 0.214 e. The van der Waals surface area contributed by atoms with Crippen molar-refractivity contribution in [2.75, 3.05) is 18.8 Å². The van der Waals surface area contributed by atoms with Crippen LogP contribution in [0.5, 0.6) is 5.75 Å². The molecule has 1 aliphatic heterocycles. The fourth-order valence-electron chi connectivity index (χ4n) is 1.82. The van der Waals surface area contributed by atoms with E-state index in [0.29, 0.717) is 30.3 Å². The van der Waals surface area contributed by atoms with Crippen molar-refractivity contribution in [3.63, 3.8) is 0 Å². The lowest BCUT2D eigenvalue weighted by Crippen LogP contribution is -2.56. The van der Waals surface area contributed by atoms with E-state index in [1.54, 1.807) is 12.1 Å². The van der Waals surface area contributed by atoms with Crippen LogP contribution in [0.1, 0.15) is 13.3 Å². The third-order valence-electron chi connectivity index (χ3n) is 2.77. The molecule has 0 atom stereocenters. The van der Waals surface area contributed by atoms with Gasteiger partial charge in [0.1, 0.15) is 11.9 Å². The molecule has 1 heterocycles. The van der Waals surface area contributed by atoms with Crippen LogP contribution in [0.15, 0.2) is 24.3 Å². The molecule has 0 radical (unpaired) electrons. The molecule has 0 aliphatic carbocycles. The minimum Gasteiger partial charge on any atom is -0.488 e. The van der Waals surface area contributed by atoms with E-state index >= 15 is 0 Å². The summed E-state index contributed by atoms with van der Waals surface area (Å²) in [6, 6.07) is 7.12. The van der Waals surface area contributed by atoms with Gasteiger partial charge in [0.05, 0.1) is 18.8 Å². The zero-order valence-electron chi connectivity index (χ0n) is 10.2. The van der Waals surface area contributed by atoms with E-state index in [0.717, 1.165) is 0 Å². The minimum atomic E-state index is -3.08. The first-order valence-electron chi connectivity index (χ1n) is 5.91. The summed E-state index contributed by atoms with van der Waals surface area (Å²) in [5, 5.41) is 0.613. The molecule has 100 valence electrons. The van der Waals surface area contributed by atoms with E-state index in [1.807, 2.05) is 19.1 Å². The summed E-state index contributed by atoms with van der Waals surface area (Å²) < 4.78 is 30.5. The van der Waals surface area contributed by atoms with Gasteiger partial charge in [0.2, 0.25) is 10.0 Å². The normalized spacial score (nSPS) is 17.4. The molecular weight excluding hydrogens is 274 g/mol. The van der Waals surface area contributed by atoms with Crippen molar-refractivity contribution >= 4 is 21.6 Å². The van der Waals surface area contributed by atoms with Gasteiger partial charge in [-0.1, -0.05) is 24.6 Å². The van der Waals surface area contributed by atoms with Gasteiger partial charge in [-0.15, -0.1) is 0 Å². The molecule has 0 saturated carbocycles. The van der Waals surface area contributed by atoms with Gasteiger partial charge in [0.25, 0.3) is 0 Å². The van der Waals surface area contributed by atoms with Crippen LogP contribution < -0.4 is 4.74 Å². The SMILES string of the molecule is CCCS(=O)(=O)N1CC(Oc2cccc(Cl)c2)C1. The molecule has 1 fully saturated rings. The predicted octanol–water partition coefficient (Wildman–Crippen LogP) is 2.14. The monoisotopic (exact) mass is 289 g/mol. The van der Waals surface area contributed by atoms with E-state index in [4.69, 9.17) is 16.3 Å². The second-order valence-electron chi connectivity index (χ2n) is 4.33. The Hall–Kier alpha value is -0.780. The van der Waals surface area contributed by atoms with E-state index < -0.39 is 10.0 Å². The van der Waals surface area contributed by atoms with Crippen LogP contribution in [0.3, 0.4) is 0 Å². The van der Waals surface area contributed by atoms with Gasteiger partial charge in [-0.2, -0.15) is 4.31 Å². The van der Waals surface area contributed by atoms with E-state index in [1.165, 1.54) is 4.31 Å². The lowest BCUT2D eigenvalue weighted by Gasteiger charge is -2.37. The maximum atomic E-state index is 11.7. The number of sulfonamides is 1. The van der Waals surface area contributed by atoms with Gasteiger partial charge < -0.3 is 4.74 Å². The molecule has 0 aromatic heterocycles. The van der Waals surface area contributed by atoms with Crippen LogP contribution in [-0.2, 0) is 10.0 Å². The zero-order chi connectivity index (χ0) is 13.2. The number of nitrogens with zero attached hydrogens (tertiary/aromatic N) is 1. The Morgan fingerprint density at radius 1 is 1.44 bits per heavy atom. The van der Waals surface area contributed by atoms with Gasteiger partial charge in [-0.25, -0.2) is 8.42 Å². The molecule has 0 unspecified atom stereocenters. The Balaban J connectivity index is 1.87. The highest BCUT2D eigenvalue weighted by atomic mass is 35.5. The summed E-state index contributed by atoms with van der Waals surface area (Å²) in [4.78, 5) is 0. The van der Waals surface area contributed by atoms with Crippen molar-refractivity contribution in [1.82, 2.24) is 4.31 Å². The summed E-state index contributed by atoms with van der Waals surface area (Å²) in [5.41, 5.74) is 0. The fourth-order valence-corrected chi connectivity index (χ4v) is 3.56. The van der Waals surface area contributed by atoms with Gasteiger partial charge in [-0.3, -0.25) is 0 Å². The predicted molar refractivity (Wildman–Crippen MR) is 71.5 cm³/mol. The average molecular weight is 290 g/mol. The average Bonchev–Trinajstić information content (AvgIpc) is 2.22. The van der Waals surface area contributed by atoms with E-state index in [-0.39, 0.29) is 11.9 Å². The summed E-state index contributed by atoms with van der Waals surface area (Å²) >= 11 is 5.85. The molecule has 1 aromatic rings. The molecule has 0 bridgehead atoms. The number of halogens is 1. The van der Waals surface area contributed by atoms with Crippen LogP contribution in [0.25, 0.3) is 0 Å². The largest absolute Gasteiger partial charge is 0.488 e. The van der Waals surface area contributed by atoms with Crippen LogP contribution in [-0.4, -0.2) is 37.7 Å². The van der Waals surface area contributed by atoms with Crippen LogP contribution >= 0.6 is 11.6 Å². The smallest absolute Gasteiger partial charge is 0.214 e. The molecule has 18 heavy (non-hydrogen) atoms. The highest BCUT2D eigenvalue weighted by Crippen LogP contribution is 2.23. The highest BCUT2D eigenvalue weighted by molar-refractivity contribution is 7.89. The molecular formula is C12H16ClNO3S. The van der Waals surface area contributed by atoms with E-state index in [9.17, 15) is 8.42 Å². The maximum absolute atomic E-state index is 11.7.